The maximum Gasteiger partial charge on any atom is 0.269 e. The molecule has 3 rings (SSSR count). The Morgan fingerprint density at radius 3 is 2.85 bits per heavy atom. The van der Waals surface area contributed by atoms with Gasteiger partial charge in [0.1, 0.15) is 6.54 Å². The van der Waals surface area contributed by atoms with Crippen LogP contribution in [0.3, 0.4) is 0 Å². The second-order valence-corrected chi connectivity index (χ2v) is 6.90. The summed E-state index contributed by atoms with van der Waals surface area (Å²) in [6, 6.07) is 3.60. The van der Waals surface area contributed by atoms with Crippen LogP contribution in [0.2, 0.25) is 0 Å². The predicted octanol–water partition coefficient (Wildman–Crippen LogP) is 0.977. The van der Waals surface area contributed by atoms with Crippen LogP contribution in [-0.4, -0.2) is 57.1 Å². The molecule has 0 aliphatic carbocycles. The summed E-state index contributed by atoms with van der Waals surface area (Å²) in [6.07, 6.45) is 9.31. The Balaban J connectivity index is 1.65. The van der Waals surface area contributed by atoms with E-state index < -0.39 is 0 Å². The van der Waals surface area contributed by atoms with Crippen molar-refractivity contribution in [3.63, 3.8) is 0 Å². The molecule has 0 saturated carbocycles. The predicted molar refractivity (Wildman–Crippen MR) is 99.0 cm³/mol. The summed E-state index contributed by atoms with van der Waals surface area (Å²) < 4.78 is 3.14. The number of hydrogen-bond donors (Lipinski definition) is 0. The zero-order chi connectivity index (χ0) is 18.5. The molecule has 0 N–H and O–H groups in total. The lowest BCUT2D eigenvalue weighted by atomic mass is 9.99. The van der Waals surface area contributed by atoms with E-state index in [9.17, 15) is 9.59 Å². The molecule has 1 fully saturated rings. The van der Waals surface area contributed by atoms with Crippen molar-refractivity contribution in [3.8, 4) is 0 Å². The second-order valence-electron chi connectivity index (χ2n) is 6.90. The Hall–Kier alpha value is -2.64. The largest absolute Gasteiger partial charge is 0.376 e. The average Bonchev–Trinajstić information content (AvgIpc) is 3.15. The minimum absolute atomic E-state index is 0.00912. The average molecular weight is 358 g/mol. The van der Waals surface area contributed by atoms with Gasteiger partial charge in [-0.2, -0.15) is 10.2 Å². The molecule has 1 aliphatic rings. The number of carbonyl (C=O) groups excluding carboxylic acids is 1. The number of aromatic nitrogens is 4. The minimum Gasteiger partial charge on any atom is -0.376 e. The number of anilines is 1. The van der Waals surface area contributed by atoms with Gasteiger partial charge in [-0.3, -0.25) is 14.3 Å². The van der Waals surface area contributed by atoms with Crippen LogP contribution >= 0.6 is 0 Å². The maximum atomic E-state index is 12.8. The summed E-state index contributed by atoms with van der Waals surface area (Å²) in [4.78, 5) is 28.8. The molecule has 2 aromatic rings. The highest BCUT2D eigenvalue weighted by Crippen LogP contribution is 2.20. The van der Waals surface area contributed by atoms with Gasteiger partial charge in [0.25, 0.3) is 5.56 Å². The Bertz CT molecular complexity index is 783. The summed E-state index contributed by atoms with van der Waals surface area (Å²) in [7, 11) is 3.70. The Morgan fingerprint density at radius 2 is 2.15 bits per heavy atom. The van der Waals surface area contributed by atoms with Gasteiger partial charge in [-0.05, 0) is 31.7 Å². The summed E-state index contributed by atoms with van der Waals surface area (Å²) >= 11 is 0. The molecule has 2 aromatic heterocycles. The fraction of sp³-hybridized carbons (Fsp3) is 0.556. The fourth-order valence-electron chi connectivity index (χ4n) is 3.35. The molecule has 1 amide bonds. The number of aryl methyl sites for hydroxylation is 1. The van der Waals surface area contributed by atoms with Gasteiger partial charge >= 0.3 is 0 Å². The molecule has 0 unspecified atom stereocenters. The van der Waals surface area contributed by atoms with Crippen molar-refractivity contribution >= 4 is 11.6 Å². The standard InChI is InChI=1S/C18H26N6O2/c1-21(2)16-12-17(25)24(20-13-16)14-18(26)23-10-4-3-6-15(23)7-11-22-9-5-8-19-22/h5,8-9,12-13,15H,3-4,6-7,10-11,14H2,1-2H3/t15-/m0/s1. The van der Waals surface area contributed by atoms with Crippen LogP contribution in [0.5, 0.6) is 0 Å². The van der Waals surface area contributed by atoms with Crippen molar-refractivity contribution < 1.29 is 4.79 Å². The summed E-state index contributed by atoms with van der Waals surface area (Å²) in [6.45, 7) is 1.52. The number of piperidine rings is 1. The van der Waals surface area contributed by atoms with E-state index in [1.54, 1.807) is 12.4 Å². The zero-order valence-electron chi connectivity index (χ0n) is 15.4. The third-order valence-corrected chi connectivity index (χ3v) is 4.85. The second kappa shape index (κ2) is 8.16. The van der Waals surface area contributed by atoms with E-state index in [-0.39, 0.29) is 24.1 Å². The first-order valence-electron chi connectivity index (χ1n) is 9.06. The Morgan fingerprint density at radius 1 is 1.31 bits per heavy atom. The molecule has 0 bridgehead atoms. The smallest absolute Gasteiger partial charge is 0.269 e. The molecule has 1 saturated heterocycles. The van der Waals surface area contributed by atoms with Crippen LogP contribution in [0.25, 0.3) is 0 Å². The van der Waals surface area contributed by atoms with Gasteiger partial charge in [-0.1, -0.05) is 0 Å². The zero-order valence-corrected chi connectivity index (χ0v) is 15.4. The topological polar surface area (TPSA) is 76.3 Å². The highest BCUT2D eigenvalue weighted by molar-refractivity contribution is 5.76. The molecule has 3 heterocycles. The van der Waals surface area contributed by atoms with E-state index in [1.807, 2.05) is 40.8 Å². The molecular formula is C18H26N6O2. The molecule has 8 nitrogen and oxygen atoms in total. The number of nitrogens with zero attached hydrogens (tertiary/aromatic N) is 6. The molecule has 1 atom stereocenters. The van der Waals surface area contributed by atoms with Crippen LogP contribution in [0.1, 0.15) is 25.7 Å². The van der Waals surface area contributed by atoms with Crippen LogP contribution in [-0.2, 0) is 17.9 Å². The molecule has 0 radical (unpaired) electrons. The highest BCUT2D eigenvalue weighted by atomic mass is 16.2. The van der Waals surface area contributed by atoms with Gasteiger partial charge in [0.2, 0.25) is 5.91 Å². The minimum atomic E-state index is -0.255. The third kappa shape index (κ3) is 4.30. The van der Waals surface area contributed by atoms with Crippen molar-refractivity contribution in [2.24, 2.45) is 0 Å². The summed E-state index contributed by atoms with van der Waals surface area (Å²) in [5.74, 6) is -0.0395. The van der Waals surface area contributed by atoms with Gasteiger partial charge in [0, 0.05) is 51.7 Å². The summed E-state index contributed by atoms with van der Waals surface area (Å²) in [5.41, 5.74) is 0.475. The normalized spacial score (nSPS) is 17.3. The lowest BCUT2D eigenvalue weighted by Crippen LogP contribution is -2.46. The maximum absolute atomic E-state index is 12.8. The number of likely N-dealkylation sites (tertiary alicyclic amines) is 1. The third-order valence-electron chi connectivity index (χ3n) is 4.85. The van der Waals surface area contributed by atoms with E-state index in [0.29, 0.717) is 0 Å². The molecule has 0 spiro atoms. The van der Waals surface area contributed by atoms with E-state index in [2.05, 4.69) is 10.2 Å². The number of hydrogen-bond acceptors (Lipinski definition) is 5. The Labute approximate surface area is 153 Å². The van der Waals surface area contributed by atoms with Crippen LogP contribution in [0, 0.1) is 0 Å². The molecular weight excluding hydrogens is 332 g/mol. The van der Waals surface area contributed by atoms with Crippen molar-refractivity contribution in [1.82, 2.24) is 24.5 Å². The lowest BCUT2D eigenvalue weighted by molar-refractivity contribution is -0.136. The van der Waals surface area contributed by atoms with Crippen molar-refractivity contribution in [3.05, 3.63) is 41.1 Å². The van der Waals surface area contributed by atoms with E-state index >= 15 is 0 Å². The van der Waals surface area contributed by atoms with Crippen molar-refractivity contribution in [2.75, 3.05) is 25.5 Å². The summed E-state index contributed by atoms with van der Waals surface area (Å²) in [5, 5.41) is 8.37. The first kappa shape index (κ1) is 18.2. The first-order valence-corrected chi connectivity index (χ1v) is 9.06. The van der Waals surface area contributed by atoms with Gasteiger partial charge in [-0.25, -0.2) is 4.68 Å². The SMILES string of the molecule is CN(C)c1cnn(CC(=O)N2CCCC[C@H]2CCn2cccn2)c(=O)c1. The highest BCUT2D eigenvalue weighted by Gasteiger charge is 2.27. The van der Waals surface area contributed by atoms with E-state index in [0.717, 1.165) is 44.5 Å². The first-order chi connectivity index (χ1) is 12.5. The Kier molecular flexibility index (Phi) is 5.70. The molecule has 8 heteroatoms. The van der Waals surface area contributed by atoms with Crippen LogP contribution in [0.15, 0.2) is 35.5 Å². The van der Waals surface area contributed by atoms with Gasteiger partial charge in [-0.15, -0.1) is 0 Å². The lowest BCUT2D eigenvalue weighted by Gasteiger charge is -2.36. The molecule has 140 valence electrons. The van der Waals surface area contributed by atoms with Gasteiger partial charge in [0.05, 0.1) is 11.9 Å². The monoisotopic (exact) mass is 358 g/mol. The van der Waals surface area contributed by atoms with Crippen molar-refractivity contribution in [1.29, 1.82) is 0 Å². The molecule has 0 aromatic carbocycles. The molecule has 26 heavy (non-hydrogen) atoms. The number of carbonyl (C=O) groups is 1. The van der Waals surface area contributed by atoms with E-state index in [1.165, 1.54) is 10.7 Å². The van der Waals surface area contributed by atoms with Gasteiger partial charge < -0.3 is 9.80 Å². The molecule has 1 aliphatic heterocycles. The number of amides is 1. The number of rotatable bonds is 6. The van der Waals surface area contributed by atoms with Crippen LogP contribution in [0.4, 0.5) is 5.69 Å². The van der Waals surface area contributed by atoms with Gasteiger partial charge in [0.15, 0.2) is 0 Å². The van der Waals surface area contributed by atoms with E-state index in [4.69, 9.17) is 0 Å². The quantitative estimate of drug-likeness (QED) is 0.769. The fourth-order valence-corrected chi connectivity index (χ4v) is 3.35. The van der Waals surface area contributed by atoms with Crippen molar-refractivity contribution in [2.45, 2.75) is 44.8 Å². The van der Waals surface area contributed by atoms with Crippen LogP contribution < -0.4 is 10.5 Å².